The van der Waals surface area contributed by atoms with E-state index >= 15 is 0 Å². The van der Waals surface area contributed by atoms with Gasteiger partial charge >= 0.3 is 22.3 Å². The van der Waals surface area contributed by atoms with E-state index in [9.17, 15) is 26.4 Å². The Morgan fingerprint density at radius 2 is 1.77 bits per heavy atom. The van der Waals surface area contributed by atoms with Gasteiger partial charge in [-0.2, -0.15) is 21.6 Å². The number of urea groups is 1. The van der Waals surface area contributed by atoms with Gasteiger partial charge in [-0.15, -0.1) is 0 Å². The monoisotopic (exact) mass is 458 g/mol. The third kappa shape index (κ3) is 7.16. The molecule has 31 heavy (non-hydrogen) atoms. The molecule has 0 aliphatic heterocycles. The highest BCUT2D eigenvalue weighted by Gasteiger charge is 2.30. The maximum Gasteiger partial charge on any atom is 0.416 e. The van der Waals surface area contributed by atoms with Gasteiger partial charge in [0, 0.05) is 18.3 Å². The van der Waals surface area contributed by atoms with E-state index in [0.29, 0.717) is 12.0 Å². The molecule has 1 N–H and O–H groups in total. The molecule has 0 aromatic heterocycles. The Morgan fingerprint density at radius 3 is 2.32 bits per heavy atom. The number of alkyl halides is 3. The second-order valence-corrected chi connectivity index (χ2v) is 8.83. The Balaban J connectivity index is 2.16. The molecule has 170 valence electrons. The molecule has 0 aliphatic rings. The number of nitrogens with one attached hydrogen (secondary N) is 1. The molecule has 2 rings (SSSR count). The summed E-state index contributed by atoms with van der Waals surface area (Å²) in [5, 5.41) is 2.52. The summed E-state index contributed by atoms with van der Waals surface area (Å²) in [7, 11) is -3.64. The maximum atomic E-state index is 12.9. The molecule has 6 nitrogen and oxygen atoms in total. The smallest absolute Gasteiger partial charge is 0.382 e. The van der Waals surface area contributed by atoms with Gasteiger partial charge in [-0.1, -0.05) is 25.1 Å². The zero-order valence-corrected chi connectivity index (χ0v) is 18.3. The molecule has 2 aromatic carbocycles. The average molecular weight is 459 g/mol. The van der Waals surface area contributed by atoms with Crippen molar-refractivity contribution < 1.29 is 30.6 Å². The van der Waals surface area contributed by atoms with Crippen LogP contribution >= 0.6 is 0 Å². The Kier molecular flexibility index (Phi) is 7.94. The van der Waals surface area contributed by atoms with E-state index in [1.807, 2.05) is 13.8 Å². The van der Waals surface area contributed by atoms with Gasteiger partial charge in [-0.3, -0.25) is 0 Å². The molecule has 0 spiro atoms. The number of nitrogens with zero attached hydrogens (tertiary/aromatic N) is 1. The van der Waals surface area contributed by atoms with Gasteiger partial charge in [0.2, 0.25) is 0 Å². The van der Waals surface area contributed by atoms with Crippen LogP contribution in [-0.2, 0) is 22.8 Å². The lowest BCUT2D eigenvalue weighted by Gasteiger charge is -2.29. The molecule has 0 bridgehead atoms. The summed E-state index contributed by atoms with van der Waals surface area (Å²) in [6, 6.07) is 9.95. The van der Waals surface area contributed by atoms with Crippen LogP contribution in [0.5, 0.6) is 5.75 Å². The quantitative estimate of drug-likeness (QED) is 0.547. The third-order valence-electron chi connectivity index (χ3n) is 4.68. The van der Waals surface area contributed by atoms with Gasteiger partial charge in [0.15, 0.2) is 0 Å². The van der Waals surface area contributed by atoms with E-state index in [-0.39, 0.29) is 29.8 Å². The molecule has 0 heterocycles. The molecule has 10 heteroatoms. The number of hydrogen-bond donors (Lipinski definition) is 1. The average Bonchev–Trinajstić information content (AvgIpc) is 2.72. The number of amides is 2. The summed E-state index contributed by atoms with van der Waals surface area (Å²) in [4.78, 5) is 14.3. The van der Waals surface area contributed by atoms with Gasteiger partial charge in [0.05, 0.1) is 11.3 Å². The Bertz CT molecular complexity index is 992. The first kappa shape index (κ1) is 24.5. The van der Waals surface area contributed by atoms with Crippen molar-refractivity contribution in [1.82, 2.24) is 4.90 Å². The number of carbonyl (C=O) groups excluding carboxylic acids is 1. The number of carbonyl (C=O) groups is 1. The molecule has 0 saturated carbocycles. The molecule has 2 amide bonds. The van der Waals surface area contributed by atoms with Crippen LogP contribution in [0.4, 0.5) is 23.7 Å². The van der Waals surface area contributed by atoms with Crippen LogP contribution in [0.1, 0.15) is 38.3 Å². The summed E-state index contributed by atoms with van der Waals surface area (Å²) >= 11 is 0. The normalized spacial score (nSPS) is 12.8. The lowest BCUT2D eigenvalue weighted by atomic mass is 10.1. The Hall–Kier alpha value is -2.75. The SMILES string of the molecule is CCC(C)N(Cc1ccc(OS(=O)(=O)CC)cc1)C(=O)Nc1cccc(C(F)(F)F)c1. The fourth-order valence-electron chi connectivity index (χ4n) is 2.67. The van der Waals surface area contributed by atoms with Crippen LogP contribution < -0.4 is 9.50 Å². The highest BCUT2D eigenvalue weighted by molar-refractivity contribution is 7.87. The van der Waals surface area contributed by atoms with Crippen LogP contribution in [0, 0.1) is 0 Å². The Morgan fingerprint density at radius 1 is 1.13 bits per heavy atom. The number of rotatable bonds is 8. The van der Waals surface area contributed by atoms with Gasteiger partial charge in [-0.25, -0.2) is 4.79 Å². The lowest BCUT2D eigenvalue weighted by molar-refractivity contribution is -0.137. The van der Waals surface area contributed by atoms with Crippen LogP contribution in [-0.4, -0.2) is 31.1 Å². The molecular formula is C21H25F3N2O4S. The minimum atomic E-state index is -4.51. The lowest BCUT2D eigenvalue weighted by Crippen LogP contribution is -2.40. The molecule has 0 fully saturated rings. The maximum absolute atomic E-state index is 12.9. The van der Waals surface area contributed by atoms with Crippen molar-refractivity contribution in [3.8, 4) is 5.75 Å². The summed E-state index contributed by atoms with van der Waals surface area (Å²) in [6.45, 7) is 5.37. The minimum absolute atomic E-state index is 0.0432. The number of benzene rings is 2. The molecule has 2 aromatic rings. The van der Waals surface area contributed by atoms with Gasteiger partial charge < -0.3 is 14.4 Å². The van der Waals surface area contributed by atoms with Gasteiger partial charge in [0.1, 0.15) is 5.75 Å². The summed E-state index contributed by atoms with van der Waals surface area (Å²) < 4.78 is 66.8. The van der Waals surface area contributed by atoms with Crippen molar-refractivity contribution in [2.24, 2.45) is 0 Å². The fraction of sp³-hybridized carbons (Fsp3) is 0.381. The number of anilines is 1. The van der Waals surface area contributed by atoms with Crippen molar-refractivity contribution in [1.29, 1.82) is 0 Å². The standard InChI is InChI=1S/C21H25F3N2O4S/c1-4-15(3)26(14-16-9-11-19(12-10-16)30-31(28,29)5-2)20(27)25-18-8-6-7-17(13-18)21(22,23)24/h6-13,15H,4-5,14H2,1-3H3,(H,25,27). The van der Waals surface area contributed by atoms with Gasteiger partial charge in [0.25, 0.3) is 0 Å². The van der Waals surface area contributed by atoms with Crippen molar-refractivity contribution >= 4 is 21.8 Å². The summed E-state index contributed by atoms with van der Waals surface area (Å²) in [6.07, 6.45) is -3.88. The fourth-order valence-corrected chi connectivity index (χ4v) is 3.19. The van der Waals surface area contributed by atoms with Crippen LogP contribution in [0.15, 0.2) is 48.5 Å². The highest BCUT2D eigenvalue weighted by atomic mass is 32.2. The number of hydrogen-bond acceptors (Lipinski definition) is 4. The topological polar surface area (TPSA) is 75.7 Å². The Labute approximate surface area is 180 Å². The van der Waals surface area contributed by atoms with E-state index < -0.39 is 27.9 Å². The van der Waals surface area contributed by atoms with E-state index in [0.717, 1.165) is 12.1 Å². The second-order valence-electron chi connectivity index (χ2n) is 6.97. The first-order valence-electron chi connectivity index (χ1n) is 9.71. The zero-order chi connectivity index (χ0) is 23.2. The first-order valence-corrected chi connectivity index (χ1v) is 11.3. The predicted octanol–water partition coefficient (Wildman–Crippen LogP) is 5.27. The molecule has 0 radical (unpaired) electrons. The van der Waals surface area contributed by atoms with Crippen molar-refractivity contribution in [3.05, 3.63) is 59.7 Å². The zero-order valence-electron chi connectivity index (χ0n) is 17.4. The molecule has 1 unspecified atom stereocenters. The largest absolute Gasteiger partial charge is 0.416 e. The summed E-state index contributed by atoms with van der Waals surface area (Å²) in [5.41, 5.74) is -0.0969. The van der Waals surface area contributed by atoms with Crippen molar-refractivity contribution in [2.45, 2.75) is 46.0 Å². The first-order chi connectivity index (χ1) is 14.4. The van der Waals surface area contributed by atoms with E-state index in [4.69, 9.17) is 4.18 Å². The third-order valence-corrected chi connectivity index (χ3v) is 5.83. The van der Waals surface area contributed by atoms with Crippen molar-refractivity contribution in [2.75, 3.05) is 11.1 Å². The van der Waals surface area contributed by atoms with Crippen molar-refractivity contribution in [3.63, 3.8) is 0 Å². The van der Waals surface area contributed by atoms with E-state index in [1.54, 1.807) is 12.1 Å². The molecule has 1 atom stereocenters. The molecule has 0 aliphatic carbocycles. The molecule has 0 saturated heterocycles. The minimum Gasteiger partial charge on any atom is -0.382 e. The van der Waals surface area contributed by atoms with E-state index in [2.05, 4.69) is 5.32 Å². The van der Waals surface area contributed by atoms with Crippen LogP contribution in [0.2, 0.25) is 0 Å². The second kappa shape index (κ2) is 10.0. The van der Waals surface area contributed by atoms with Crippen LogP contribution in [0.3, 0.4) is 0 Å². The van der Waals surface area contributed by atoms with Crippen LogP contribution in [0.25, 0.3) is 0 Å². The highest BCUT2D eigenvalue weighted by Crippen LogP contribution is 2.30. The predicted molar refractivity (Wildman–Crippen MR) is 112 cm³/mol. The van der Waals surface area contributed by atoms with Gasteiger partial charge in [-0.05, 0) is 56.2 Å². The molecular weight excluding hydrogens is 433 g/mol. The number of halogens is 3. The van der Waals surface area contributed by atoms with E-state index in [1.165, 1.54) is 36.1 Å². The summed E-state index contributed by atoms with van der Waals surface area (Å²) in [5.74, 6) is 0.000748.